The van der Waals surface area contributed by atoms with Gasteiger partial charge in [-0.05, 0) is 42.0 Å². The molecular weight excluding hydrogens is 418 g/mol. The van der Waals surface area contributed by atoms with E-state index in [9.17, 15) is 14.9 Å². The first-order chi connectivity index (χ1) is 15.0. The van der Waals surface area contributed by atoms with Crippen LogP contribution in [0.5, 0.6) is 5.75 Å². The van der Waals surface area contributed by atoms with Gasteiger partial charge in [-0.1, -0.05) is 30.3 Å². The molecule has 0 saturated carbocycles. The first-order valence-corrected chi connectivity index (χ1v) is 9.68. The first-order valence-electron chi connectivity index (χ1n) is 9.27. The lowest BCUT2D eigenvalue weighted by atomic mass is 10.1. The highest BCUT2D eigenvalue weighted by molar-refractivity contribution is 7.80. The normalized spacial score (nSPS) is 14.7. The number of nitrogens with one attached hydrogen (secondary N) is 1. The monoisotopic (exact) mass is 435 g/mol. The zero-order chi connectivity index (χ0) is 22.0. The number of methoxy groups -OCH3 is 1. The van der Waals surface area contributed by atoms with Crippen molar-refractivity contribution in [2.45, 2.75) is 6.54 Å². The quantitative estimate of drug-likeness (QED) is 0.269. The molecule has 0 unspecified atom stereocenters. The van der Waals surface area contributed by atoms with Crippen molar-refractivity contribution in [3.05, 3.63) is 87.8 Å². The van der Waals surface area contributed by atoms with Crippen molar-refractivity contribution in [1.29, 1.82) is 0 Å². The van der Waals surface area contributed by atoms with Crippen LogP contribution in [0.25, 0.3) is 17.4 Å². The van der Waals surface area contributed by atoms with E-state index in [1.165, 1.54) is 24.2 Å². The number of furan rings is 1. The van der Waals surface area contributed by atoms with E-state index in [0.29, 0.717) is 34.5 Å². The molecule has 1 aromatic heterocycles. The average molecular weight is 435 g/mol. The Morgan fingerprint density at radius 2 is 1.97 bits per heavy atom. The number of thiocarbonyl (C=S) groups is 1. The Balaban J connectivity index is 1.58. The molecule has 1 aliphatic rings. The van der Waals surface area contributed by atoms with Crippen molar-refractivity contribution in [3.63, 3.8) is 0 Å². The molecule has 1 aliphatic heterocycles. The number of amides is 1. The van der Waals surface area contributed by atoms with E-state index in [-0.39, 0.29) is 17.3 Å². The van der Waals surface area contributed by atoms with Gasteiger partial charge in [0.05, 0.1) is 30.2 Å². The minimum Gasteiger partial charge on any atom is -0.497 e. The summed E-state index contributed by atoms with van der Waals surface area (Å²) in [7, 11) is 1.44. The van der Waals surface area contributed by atoms with Gasteiger partial charge in [0, 0.05) is 6.08 Å². The highest BCUT2D eigenvalue weighted by Crippen LogP contribution is 2.34. The molecule has 0 atom stereocenters. The van der Waals surface area contributed by atoms with Gasteiger partial charge < -0.3 is 14.5 Å². The molecule has 1 amide bonds. The van der Waals surface area contributed by atoms with Crippen LogP contribution in [0, 0.1) is 10.1 Å². The second-order valence-corrected chi connectivity index (χ2v) is 7.09. The number of carbonyl (C=O) groups excluding carboxylic acids is 1. The number of hydrogen-bond acceptors (Lipinski definition) is 6. The summed E-state index contributed by atoms with van der Waals surface area (Å²) in [4.78, 5) is 25.2. The molecule has 9 heteroatoms. The Kier molecular flexibility index (Phi) is 5.50. The number of nitro benzene ring substituents is 1. The highest BCUT2D eigenvalue weighted by atomic mass is 32.1. The van der Waals surface area contributed by atoms with Gasteiger partial charge in [-0.25, -0.2) is 0 Å². The number of carbonyl (C=O) groups is 1. The molecule has 3 aromatic rings. The molecule has 8 nitrogen and oxygen atoms in total. The SMILES string of the molecule is COc1ccc(-c2ccc(/C=C3/NC(=S)N(Cc4ccccc4)C3=O)o2)c([N+](=O)[O-])c1. The average Bonchev–Trinajstić information content (AvgIpc) is 3.34. The third-order valence-corrected chi connectivity index (χ3v) is 5.05. The van der Waals surface area contributed by atoms with E-state index >= 15 is 0 Å². The van der Waals surface area contributed by atoms with Gasteiger partial charge in [0.15, 0.2) is 5.11 Å². The molecule has 4 rings (SSSR count). The van der Waals surface area contributed by atoms with Crippen LogP contribution < -0.4 is 10.1 Å². The van der Waals surface area contributed by atoms with Gasteiger partial charge in [-0.2, -0.15) is 0 Å². The lowest BCUT2D eigenvalue weighted by molar-refractivity contribution is -0.384. The summed E-state index contributed by atoms with van der Waals surface area (Å²) in [5.74, 6) is 0.759. The number of benzene rings is 2. The van der Waals surface area contributed by atoms with Crippen molar-refractivity contribution in [2.24, 2.45) is 0 Å². The molecule has 1 fully saturated rings. The minimum atomic E-state index is -0.500. The number of nitro groups is 1. The number of ether oxygens (including phenoxy) is 1. The van der Waals surface area contributed by atoms with Gasteiger partial charge in [0.1, 0.15) is 23.0 Å². The summed E-state index contributed by atoms with van der Waals surface area (Å²) < 4.78 is 10.8. The van der Waals surface area contributed by atoms with E-state index in [4.69, 9.17) is 21.4 Å². The maximum absolute atomic E-state index is 12.8. The molecular formula is C22H17N3O5S. The zero-order valence-electron chi connectivity index (χ0n) is 16.4. The second-order valence-electron chi connectivity index (χ2n) is 6.71. The van der Waals surface area contributed by atoms with Gasteiger partial charge in [0.2, 0.25) is 0 Å². The molecule has 156 valence electrons. The standard InChI is InChI=1S/C22H17N3O5S/c1-29-15-7-9-17(19(12-15)25(27)28)20-10-8-16(30-20)11-18-21(26)24(22(31)23-18)13-14-5-3-2-4-6-14/h2-12H,13H2,1H3,(H,23,31)/b18-11+. The van der Waals surface area contributed by atoms with Crippen LogP contribution in [0.4, 0.5) is 5.69 Å². The fourth-order valence-corrected chi connectivity index (χ4v) is 3.45. The molecule has 1 saturated heterocycles. The maximum Gasteiger partial charge on any atom is 0.284 e. The topological polar surface area (TPSA) is 97.8 Å². The summed E-state index contributed by atoms with van der Waals surface area (Å²) in [6.07, 6.45) is 1.53. The zero-order valence-corrected chi connectivity index (χ0v) is 17.2. The minimum absolute atomic E-state index is 0.141. The van der Waals surface area contributed by atoms with E-state index < -0.39 is 4.92 Å². The molecule has 0 bridgehead atoms. The maximum atomic E-state index is 12.8. The highest BCUT2D eigenvalue weighted by Gasteiger charge is 2.31. The third kappa shape index (κ3) is 4.17. The Hall–Kier alpha value is -3.98. The Bertz CT molecular complexity index is 1200. The van der Waals surface area contributed by atoms with Crippen LogP contribution in [0.3, 0.4) is 0 Å². The second kappa shape index (κ2) is 8.41. The van der Waals surface area contributed by atoms with E-state index in [2.05, 4.69) is 5.32 Å². The van der Waals surface area contributed by atoms with Crippen LogP contribution in [0.15, 0.2) is 70.8 Å². The van der Waals surface area contributed by atoms with Gasteiger partial charge in [0.25, 0.3) is 11.6 Å². The molecule has 2 heterocycles. The van der Waals surface area contributed by atoms with Gasteiger partial charge in [-0.15, -0.1) is 0 Å². The lowest BCUT2D eigenvalue weighted by Gasteiger charge is -2.13. The lowest BCUT2D eigenvalue weighted by Crippen LogP contribution is -2.29. The molecule has 2 aromatic carbocycles. The first kappa shape index (κ1) is 20.3. The molecule has 31 heavy (non-hydrogen) atoms. The summed E-state index contributed by atoms with van der Waals surface area (Å²) in [6, 6.07) is 17.3. The van der Waals surface area contributed by atoms with Crippen molar-refractivity contribution in [1.82, 2.24) is 10.2 Å². The van der Waals surface area contributed by atoms with Crippen LogP contribution >= 0.6 is 12.2 Å². The molecule has 1 N–H and O–H groups in total. The van der Waals surface area contributed by atoms with Crippen LogP contribution in [0.2, 0.25) is 0 Å². The largest absolute Gasteiger partial charge is 0.497 e. The van der Waals surface area contributed by atoms with Crippen molar-refractivity contribution >= 4 is 35.0 Å². The Labute approximate surface area is 182 Å². The van der Waals surface area contributed by atoms with Crippen LogP contribution in [0.1, 0.15) is 11.3 Å². The van der Waals surface area contributed by atoms with Crippen molar-refractivity contribution in [3.8, 4) is 17.1 Å². The predicted molar refractivity (Wildman–Crippen MR) is 118 cm³/mol. The number of nitrogens with zero attached hydrogens (tertiary/aromatic N) is 2. The molecule has 0 aliphatic carbocycles. The molecule has 0 spiro atoms. The summed E-state index contributed by atoms with van der Waals surface area (Å²) in [5, 5.41) is 14.6. The molecule has 0 radical (unpaired) electrons. The number of hydrogen-bond donors (Lipinski definition) is 1. The van der Waals surface area contributed by atoms with Crippen molar-refractivity contribution in [2.75, 3.05) is 7.11 Å². The van der Waals surface area contributed by atoms with E-state index in [1.54, 1.807) is 24.3 Å². The fraction of sp³-hybridized carbons (Fsp3) is 0.0909. The van der Waals surface area contributed by atoms with E-state index in [1.807, 2.05) is 30.3 Å². The third-order valence-electron chi connectivity index (χ3n) is 4.73. The summed E-state index contributed by atoms with van der Waals surface area (Å²) in [5.41, 5.74) is 1.39. The van der Waals surface area contributed by atoms with Gasteiger partial charge >= 0.3 is 0 Å². The van der Waals surface area contributed by atoms with Gasteiger partial charge in [-0.3, -0.25) is 19.8 Å². The Morgan fingerprint density at radius 1 is 1.19 bits per heavy atom. The van der Waals surface area contributed by atoms with E-state index in [0.717, 1.165) is 5.56 Å². The summed E-state index contributed by atoms with van der Waals surface area (Å²) >= 11 is 5.30. The number of rotatable bonds is 6. The Morgan fingerprint density at radius 3 is 2.68 bits per heavy atom. The predicted octanol–water partition coefficient (Wildman–Crippen LogP) is 4.12. The van der Waals surface area contributed by atoms with Crippen molar-refractivity contribution < 1.29 is 18.9 Å². The van der Waals surface area contributed by atoms with Crippen LogP contribution in [-0.4, -0.2) is 28.0 Å². The smallest absolute Gasteiger partial charge is 0.284 e. The fourth-order valence-electron chi connectivity index (χ4n) is 3.20. The summed E-state index contributed by atoms with van der Waals surface area (Å²) in [6.45, 7) is 0.351. The van der Waals surface area contributed by atoms with Crippen LogP contribution in [-0.2, 0) is 11.3 Å².